The smallest absolute Gasteiger partial charge is 0.410 e. The Morgan fingerprint density at radius 3 is 2.17 bits per heavy atom. The summed E-state index contributed by atoms with van der Waals surface area (Å²) in [5, 5.41) is 0. The highest BCUT2D eigenvalue weighted by Crippen LogP contribution is 2.25. The van der Waals surface area contributed by atoms with Gasteiger partial charge in [0.05, 0.1) is 12.6 Å². The number of ether oxygens (including phenoxy) is 1. The summed E-state index contributed by atoms with van der Waals surface area (Å²) in [6.45, 7) is 11.1. The second kappa shape index (κ2) is 11.2. The minimum absolute atomic E-state index is 0. The molecule has 0 aromatic heterocycles. The number of aliphatic imine (C=N–C) groups is 1. The number of guanidine groups is 1. The van der Waals surface area contributed by atoms with Crippen molar-refractivity contribution < 1.29 is 9.53 Å². The van der Waals surface area contributed by atoms with E-state index in [1.165, 1.54) is 18.4 Å². The molecular formula is C22H36IN5O2. The lowest BCUT2D eigenvalue weighted by molar-refractivity contribution is 0.0186. The molecule has 30 heavy (non-hydrogen) atoms. The fourth-order valence-corrected chi connectivity index (χ4v) is 3.88. The van der Waals surface area contributed by atoms with Crippen molar-refractivity contribution in [1.29, 1.82) is 0 Å². The van der Waals surface area contributed by atoms with Gasteiger partial charge >= 0.3 is 6.09 Å². The van der Waals surface area contributed by atoms with Crippen LogP contribution in [0.3, 0.4) is 0 Å². The van der Waals surface area contributed by atoms with Crippen LogP contribution in [0.5, 0.6) is 0 Å². The van der Waals surface area contributed by atoms with Gasteiger partial charge in [0.2, 0.25) is 0 Å². The summed E-state index contributed by atoms with van der Waals surface area (Å²) in [4.78, 5) is 23.3. The Morgan fingerprint density at radius 1 is 1.03 bits per heavy atom. The normalized spacial score (nSPS) is 19.4. The predicted molar refractivity (Wildman–Crippen MR) is 131 cm³/mol. The van der Waals surface area contributed by atoms with Gasteiger partial charge in [0.25, 0.3) is 0 Å². The van der Waals surface area contributed by atoms with E-state index in [9.17, 15) is 4.79 Å². The quantitative estimate of drug-likeness (QED) is 0.368. The predicted octanol–water partition coefficient (Wildman–Crippen LogP) is 3.31. The summed E-state index contributed by atoms with van der Waals surface area (Å²) in [6.07, 6.45) is 2.23. The van der Waals surface area contributed by atoms with Crippen molar-refractivity contribution in [3.05, 3.63) is 35.9 Å². The number of nitrogens with zero attached hydrogens (tertiary/aromatic N) is 4. The first-order valence-electron chi connectivity index (χ1n) is 10.7. The van der Waals surface area contributed by atoms with E-state index in [4.69, 9.17) is 15.5 Å². The molecular weight excluding hydrogens is 493 g/mol. The van der Waals surface area contributed by atoms with Crippen molar-refractivity contribution in [1.82, 2.24) is 14.7 Å². The van der Waals surface area contributed by atoms with Crippen LogP contribution in [-0.4, -0.2) is 78.2 Å². The highest BCUT2D eigenvalue weighted by Gasteiger charge is 2.27. The second-order valence-corrected chi connectivity index (χ2v) is 8.82. The van der Waals surface area contributed by atoms with Crippen LogP contribution in [-0.2, 0) is 4.74 Å². The number of carbonyl (C=O) groups is 1. The molecule has 0 saturated carbocycles. The van der Waals surface area contributed by atoms with Gasteiger partial charge in [-0.1, -0.05) is 30.3 Å². The number of piperazine rings is 1. The van der Waals surface area contributed by atoms with Crippen LogP contribution in [0.2, 0.25) is 0 Å². The Bertz CT molecular complexity index is 693. The maximum absolute atomic E-state index is 12.2. The van der Waals surface area contributed by atoms with E-state index in [-0.39, 0.29) is 36.1 Å². The van der Waals surface area contributed by atoms with Gasteiger partial charge in [0.15, 0.2) is 5.96 Å². The standard InChI is InChI=1S/C22H35N5O2.HI/c1-22(2,3)29-21(28)27-15-13-26(14-16-27)20(23)24-17-19(25-11-7-8-12-25)18-9-5-4-6-10-18;/h4-6,9-10,19H,7-8,11-17H2,1-3H3,(H2,23,24);1H. The van der Waals surface area contributed by atoms with Gasteiger partial charge < -0.3 is 20.3 Å². The molecule has 2 heterocycles. The van der Waals surface area contributed by atoms with Crippen LogP contribution in [0.4, 0.5) is 4.79 Å². The minimum atomic E-state index is -0.475. The fraction of sp³-hybridized carbons (Fsp3) is 0.636. The van der Waals surface area contributed by atoms with E-state index in [0.29, 0.717) is 38.7 Å². The van der Waals surface area contributed by atoms with Gasteiger partial charge in [-0.25, -0.2) is 4.79 Å². The van der Waals surface area contributed by atoms with E-state index in [1.54, 1.807) is 4.90 Å². The van der Waals surface area contributed by atoms with E-state index >= 15 is 0 Å². The lowest BCUT2D eigenvalue weighted by Crippen LogP contribution is -2.53. The number of carbonyl (C=O) groups excluding carboxylic acids is 1. The molecule has 2 aliphatic heterocycles. The van der Waals surface area contributed by atoms with Crippen LogP contribution in [0.15, 0.2) is 35.3 Å². The SMILES string of the molecule is CC(C)(C)OC(=O)N1CCN(C(N)=NCC(c2ccccc2)N2CCCC2)CC1.I. The molecule has 1 aromatic carbocycles. The summed E-state index contributed by atoms with van der Waals surface area (Å²) in [5.41, 5.74) is 7.14. The van der Waals surface area contributed by atoms with E-state index in [0.717, 1.165) is 13.1 Å². The van der Waals surface area contributed by atoms with Crippen molar-refractivity contribution in [3.63, 3.8) is 0 Å². The molecule has 2 fully saturated rings. The van der Waals surface area contributed by atoms with Gasteiger partial charge in [-0.05, 0) is 52.3 Å². The second-order valence-electron chi connectivity index (χ2n) is 8.82. The lowest BCUT2D eigenvalue weighted by atomic mass is 10.1. The molecule has 1 aromatic rings. The molecule has 0 bridgehead atoms. The molecule has 1 atom stereocenters. The van der Waals surface area contributed by atoms with E-state index < -0.39 is 5.60 Å². The van der Waals surface area contributed by atoms with Gasteiger partial charge in [-0.15, -0.1) is 24.0 Å². The molecule has 8 heteroatoms. The Hall–Kier alpha value is -1.55. The average molecular weight is 529 g/mol. The molecule has 2 saturated heterocycles. The zero-order valence-electron chi connectivity index (χ0n) is 18.4. The molecule has 0 aliphatic carbocycles. The van der Waals surface area contributed by atoms with Gasteiger partial charge in [0.1, 0.15) is 5.60 Å². The Labute approximate surface area is 197 Å². The largest absolute Gasteiger partial charge is 0.444 e. The van der Waals surface area contributed by atoms with Crippen molar-refractivity contribution in [2.75, 3.05) is 45.8 Å². The number of likely N-dealkylation sites (tertiary alicyclic amines) is 1. The summed E-state index contributed by atoms with van der Waals surface area (Å²) >= 11 is 0. The number of hydrogen-bond donors (Lipinski definition) is 1. The van der Waals surface area contributed by atoms with Gasteiger partial charge in [-0.3, -0.25) is 9.89 Å². The maximum atomic E-state index is 12.2. The summed E-state index contributed by atoms with van der Waals surface area (Å²) < 4.78 is 5.46. The molecule has 1 amide bonds. The Balaban J connectivity index is 0.00000320. The molecule has 0 spiro atoms. The number of hydrogen-bond acceptors (Lipinski definition) is 4. The Morgan fingerprint density at radius 2 is 1.60 bits per heavy atom. The first-order chi connectivity index (χ1) is 13.8. The summed E-state index contributed by atoms with van der Waals surface area (Å²) in [7, 11) is 0. The lowest BCUT2D eigenvalue weighted by Gasteiger charge is -2.36. The van der Waals surface area contributed by atoms with Crippen LogP contribution in [0.1, 0.15) is 45.2 Å². The molecule has 1 unspecified atom stereocenters. The summed E-state index contributed by atoms with van der Waals surface area (Å²) in [6, 6.07) is 10.8. The average Bonchev–Trinajstić information content (AvgIpc) is 3.22. The molecule has 0 radical (unpaired) electrons. The maximum Gasteiger partial charge on any atom is 0.410 e. The molecule has 2 aliphatic rings. The zero-order chi connectivity index (χ0) is 20.9. The number of nitrogens with two attached hydrogens (primary N) is 1. The number of rotatable bonds is 4. The zero-order valence-corrected chi connectivity index (χ0v) is 20.7. The van der Waals surface area contributed by atoms with Crippen LogP contribution in [0.25, 0.3) is 0 Å². The van der Waals surface area contributed by atoms with Gasteiger partial charge in [-0.2, -0.15) is 0 Å². The number of amides is 1. The van der Waals surface area contributed by atoms with E-state index in [1.807, 2.05) is 26.8 Å². The van der Waals surface area contributed by atoms with Crippen LogP contribution < -0.4 is 5.73 Å². The Kier molecular flexibility index (Phi) is 9.21. The third kappa shape index (κ3) is 7.01. The molecule has 3 rings (SSSR count). The highest BCUT2D eigenvalue weighted by atomic mass is 127. The van der Waals surface area contributed by atoms with E-state index in [2.05, 4.69) is 34.1 Å². The summed E-state index contributed by atoms with van der Waals surface area (Å²) in [5.74, 6) is 0.564. The number of halogens is 1. The van der Waals surface area contributed by atoms with Crippen LogP contribution in [0, 0.1) is 0 Å². The van der Waals surface area contributed by atoms with Crippen molar-refractivity contribution in [2.45, 2.75) is 45.3 Å². The topological polar surface area (TPSA) is 74.4 Å². The van der Waals surface area contributed by atoms with Crippen molar-refractivity contribution >= 4 is 36.0 Å². The third-order valence-electron chi connectivity index (χ3n) is 5.45. The molecule has 168 valence electrons. The first kappa shape index (κ1) is 24.7. The molecule has 2 N–H and O–H groups in total. The monoisotopic (exact) mass is 529 g/mol. The highest BCUT2D eigenvalue weighted by molar-refractivity contribution is 14.0. The van der Waals surface area contributed by atoms with Crippen molar-refractivity contribution in [2.24, 2.45) is 10.7 Å². The minimum Gasteiger partial charge on any atom is -0.444 e. The van der Waals surface area contributed by atoms with Crippen LogP contribution >= 0.6 is 24.0 Å². The van der Waals surface area contributed by atoms with Crippen molar-refractivity contribution in [3.8, 4) is 0 Å². The fourth-order valence-electron chi connectivity index (χ4n) is 3.88. The molecule has 7 nitrogen and oxygen atoms in total. The first-order valence-corrected chi connectivity index (χ1v) is 10.7. The third-order valence-corrected chi connectivity index (χ3v) is 5.45. The number of benzene rings is 1. The van der Waals surface area contributed by atoms with Gasteiger partial charge in [0, 0.05) is 26.2 Å².